The summed E-state index contributed by atoms with van der Waals surface area (Å²) >= 11 is 0. The van der Waals surface area contributed by atoms with Crippen LogP contribution in [-0.4, -0.2) is 14.1 Å². The Morgan fingerprint density at radius 1 is 0.419 bits per heavy atom. The molecular formula is C51H27F6N5. The topological polar surface area (TPSA) is 70.3 Å². The Morgan fingerprint density at radius 3 is 1.39 bits per heavy atom. The second kappa shape index (κ2) is 14.3. The molecule has 0 saturated carbocycles. The molecular weight excluding hydrogens is 797 g/mol. The summed E-state index contributed by atoms with van der Waals surface area (Å²) in [5.41, 5.74) is 3.22. The van der Waals surface area contributed by atoms with E-state index in [0.29, 0.717) is 49.9 Å². The van der Waals surface area contributed by atoms with Crippen molar-refractivity contribution < 1.29 is 26.3 Å². The predicted octanol–water partition coefficient (Wildman–Crippen LogP) is 14.1. The van der Waals surface area contributed by atoms with Gasteiger partial charge in [-0.25, -0.2) is 4.98 Å². The van der Waals surface area contributed by atoms with Gasteiger partial charge in [0.05, 0.1) is 68.3 Å². The smallest absolute Gasteiger partial charge is 0.307 e. The van der Waals surface area contributed by atoms with Gasteiger partial charge in [0.25, 0.3) is 0 Å². The first kappa shape index (κ1) is 38.1. The van der Waals surface area contributed by atoms with Crippen molar-refractivity contribution >= 4 is 43.6 Å². The Labute approximate surface area is 349 Å². The molecule has 0 aliphatic heterocycles. The number of hydrogen-bond donors (Lipinski definition) is 0. The average molecular weight is 824 g/mol. The number of aromatic nitrogens is 3. The van der Waals surface area contributed by atoms with E-state index in [0.717, 1.165) is 39.2 Å². The van der Waals surface area contributed by atoms with Gasteiger partial charge >= 0.3 is 12.4 Å². The first-order valence-corrected chi connectivity index (χ1v) is 19.3. The summed E-state index contributed by atoms with van der Waals surface area (Å²) in [7, 11) is 0. The van der Waals surface area contributed by atoms with Gasteiger partial charge in [-0.1, -0.05) is 97.1 Å². The van der Waals surface area contributed by atoms with Gasteiger partial charge in [-0.2, -0.15) is 36.9 Å². The summed E-state index contributed by atoms with van der Waals surface area (Å²) in [4.78, 5) is 4.97. The van der Waals surface area contributed by atoms with Crippen molar-refractivity contribution in [2.24, 2.45) is 0 Å². The number of hydrogen-bond acceptors (Lipinski definition) is 3. The number of nitrogens with zero attached hydrogens (tertiary/aromatic N) is 5. The standard InChI is InChI=1S/C51H27F6N5/c52-50(53,54)35-21-34(22-36(25-35)51(55,56)57)43-26-49(62-45-16-8-6-14-40(45)42-20-18-31(24-47(42)62)38-12-4-2-10-33(38)28-59)60-29-48(43)61-44-15-7-5-13-39(44)41-19-17-30(23-46(41)61)37-11-3-1-9-32(37)27-58/h1-26,29H. The van der Waals surface area contributed by atoms with Crippen molar-refractivity contribution in [2.45, 2.75) is 12.4 Å². The lowest BCUT2D eigenvalue weighted by Gasteiger charge is -2.19. The summed E-state index contributed by atoms with van der Waals surface area (Å²) in [6, 6.07) is 48.1. The highest BCUT2D eigenvalue weighted by Gasteiger charge is 2.37. The van der Waals surface area contributed by atoms with Crippen LogP contribution >= 0.6 is 0 Å². The highest BCUT2D eigenvalue weighted by molar-refractivity contribution is 6.12. The van der Waals surface area contributed by atoms with Crippen molar-refractivity contribution in [3.63, 3.8) is 0 Å². The van der Waals surface area contributed by atoms with Crippen LogP contribution in [0.25, 0.3) is 88.5 Å². The molecule has 10 aromatic rings. The third kappa shape index (κ3) is 6.22. The number of para-hydroxylation sites is 2. The molecule has 0 atom stereocenters. The molecule has 5 nitrogen and oxygen atoms in total. The molecule has 7 aromatic carbocycles. The number of halogens is 6. The number of pyridine rings is 1. The Bertz CT molecular complexity index is 3510. The molecule has 0 N–H and O–H groups in total. The molecule has 298 valence electrons. The Hall–Kier alpha value is -8.15. The number of nitriles is 2. The van der Waals surface area contributed by atoms with Crippen LogP contribution in [0.5, 0.6) is 0 Å². The van der Waals surface area contributed by atoms with Crippen LogP contribution in [0.15, 0.2) is 164 Å². The van der Waals surface area contributed by atoms with Crippen LogP contribution in [0.1, 0.15) is 22.3 Å². The van der Waals surface area contributed by atoms with Crippen LogP contribution in [0.3, 0.4) is 0 Å². The second-order valence-electron chi connectivity index (χ2n) is 14.8. The summed E-state index contributed by atoms with van der Waals surface area (Å²) in [6.45, 7) is 0. The maximum Gasteiger partial charge on any atom is 0.416 e. The molecule has 10 rings (SSSR count). The van der Waals surface area contributed by atoms with E-state index >= 15 is 0 Å². The van der Waals surface area contributed by atoms with Crippen molar-refractivity contribution in [1.82, 2.24) is 14.1 Å². The second-order valence-corrected chi connectivity index (χ2v) is 14.8. The summed E-state index contributed by atoms with van der Waals surface area (Å²) in [6.07, 6.45) is -8.73. The predicted molar refractivity (Wildman–Crippen MR) is 229 cm³/mol. The molecule has 62 heavy (non-hydrogen) atoms. The van der Waals surface area contributed by atoms with E-state index in [2.05, 4.69) is 12.1 Å². The summed E-state index contributed by atoms with van der Waals surface area (Å²) in [5.74, 6) is 0.232. The summed E-state index contributed by atoms with van der Waals surface area (Å²) < 4.78 is 91.0. The Kier molecular flexibility index (Phi) is 8.75. The van der Waals surface area contributed by atoms with Gasteiger partial charge in [0.1, 0.15) is 5.82 Å². The highest BCUT2D eigenvalue weighted by atomic mass is 19.4. The zero-order chi connectivity index (χ0) is 42.9. The summed E-state index contributed by atoms with van der Waals surface area (Å²) in [5, 5.41) is 23.1. The minimum absolute atomic E-state index is 0.0500. The fourth-order valence-corrected chi connectivity index (χ4v) is 8.53. The number of alkyl halides is 6. The van der Waals surface area contributed by atoms with Crippen LogP contribution < -0.4 is 0 Å². The van der Waals surface area contributed by atoms with Crippen LogP contribution in [0.2, 0.25) is 0 Å². The molecule has 0 spiro atoms. The van der Waals surface area contributed by atoms with E-state index in [1.54, 1.807) is 34.9 Å². The largest absolute Gasteiger partial charge is 0.416 e. The lowest BCUT2D eigenvalue weighted by atomic mass is 9.97. The van der Waals surface area contributed by atoms with Gasteiger partial charge in [0, 0.05) is 27.1 Å². The van der Waals surface area contributed by atoms with Crippen molar-refractivity contribution in [3.8, 4) is 57.0 Å². The lowest BCUT2D eigenvalue weighted by molar-refractivity contribution is -0.143. The molecule has 0 saturated heterocycles. The quantitative estimate of drug-likeness (QED) is 0.162. The van der Waals surface area contributed by atoms with Gasteiger partial charge in [0.2, 0.25) is 0 Å². The zero-order valence-electron chi connectivity index (χ0n) is 32.1. The molecule has 0 aliphatic carbocycles. The van der Waals surface area contributed by atoms with Gasteiger partial charge in [0.15, 0.2) is 0 Å². The Balaban J connectivity index is 1.31. The molecule has 0 fully saturated rings. The first-order chi connectivity index (χ1) is 29.9. The third-order valence-electron chi connectivity index (χ3n) is 11.3. The monoisotopic (exact) mass is 823 g/mol. The molecule has 0 unspecified atom stereocenters. The minimum atomic E-state index is -5.11. The van der Waals surface area contributed by atoms with Crippen LogP contribution in [0.4, 0.5) is 26.3 Å². The van der Waals surface area contributed by atoms with E-state index in [1.165, 1.54) is 12.3 Å². The van der Waals surface area contributed by atoms with Crippen molar-refractivity contribution in [2.75, 3.05) is 0 Å². The van der Waals surface area contributed by atoms with Crippen molar-refractivity contribution in [3.05, 3.63) is 186 Å². The number of rotatable bonds is 5. The van der Waals surface area contributed by atoms with E-state index in [9.17, 15) is 36.9 Å². The van der Waals surface area contributed by atoms with Gasteiger partial charge in [-0.05, 0) is 88.5 Å². The average Bonchev–Trinajstić information content (AvgIpc) is 3.80. The van der Waals surface area contributed by atoms with Crippen LogP contribution in [0, 0.1) is 22.7 Å². The molecule has 3 aromatic heterocycles. The van der Waals surface area contributed by atoms with E-state index in [1.807, 2.05) is 108 Å². The molecule has 0 bridgehead atoms. The minimum Gasteiger partial charge on any atom is -0.307 e. The van der Waals surface area contributed by atoms with Gasteiger partial charge in [-0.15, -0.1) is 0 Å². The first-order valence-electron chi connectivity index (χ1n) is 19.3. The fraction of sp³-hybridized carbons (Fsp3) is 0.0392. The Morgan fingerprint density at radius 2 is 0.871 bits per heavy atom. The maximum atomic E-state index is 14.6. The SMILES string of the molecule is N#Cc1ccccc1-c1ccc2c3ccccc3n(-c3cc(-c4cc(C(F)(F)F)cc(C(F)(F)F)c4)c(-n4c5ccccc5c5ccc(-c6ccccc6C#N)cc54)cn3)c2c1. The zero-order valence-corrected chi connectivity index (χ0v) is 32.1. The van der Waals surface area contributed by atoms with E-state index in [4.69, 9.17) is 4.98 Å². The van der Waals surface area contributed by atoms with E-state index < -0.39 is 23.5 Å². The highest BCUT2D eigenvalue weighted by Crippen LogP contribution is 2.44. The molecule has 0 aliphatic rings. The lowest BCUT2D eigenvalue weighted by Crippen LogP contribution is -2.11. The number of fused-ring (bicyclic) bond motifs is 6. The molecule has 3 heterocycles. The van der Waals surface area contributed by atoms with Gasteiger partial charge in [-0.3, -0.25) is 4.57 Å². The number of benzene rings is 7. The molecule has 11 heteroatoms. The maximum absolute atomic E-state index is 14.6. The fourth-order valence-electron chi connectivity index (χ4n) is 8.53. The van der Waals surface area contributed by atoms with Gasteiger partial charge < -0.3 is 4.57 Å². The van der Waals surface area contributed by atoms with Crippen LogP contribution in [-0.2, 0) is 12.4 Å². The third-order valence-corrected chi connectivity index (χ3v) is 11.3. The molecule has 0 radical (unpaired) electrons. The molecule has 0 amide bonds. The van der Waals surface area contributed by atoms with E-state index in [-0.39, 0.29) is 28.7 Å². The van der Waals surface area contributed by atoms with Crippen molar-refractivity contribution in [1.29, 1.82) is 10.5 Å². The normalized spacial score (nSPS) is 12.0.